The van der Waals surface area contributed by atoms with E-state index in [0.717, 1.165) is 38.9 Å². The van der Waals surface area contributed by atoms with Gasteiger partial charge in [-0.05, 0) is 6.07 Å². The minimum atomic E-state index is 0.171. The molecule has 1 aromatic carbocycles. The predicted molar refractivity (Wildman–Crippen MR) is 81.3 cm³/mol. The molecule has 0 N–H and O–H groups in total. The Labute approximate surface area is 123 Å². The zero-order valence-electron chi connectivity index (χ0n) is 9.64. The summed E-state index contributed by atoms with van der Waals surface area (Å²) in [6.45, 7) is 0.833. The van der Waals surface area contributed by atoms with Gasteiger partial charge in [0, 0.05) is 26.9 Å². The van der Waals surface area contributed by atoms with E-state index in [2.05, 4.69) is 27.4 Å². The molecule has 0 aliphatic carbocycles. The summed E-state index contributed by atoms with van der Waals surface area (Å²) in [6, 6.07) is 8.18. The Balaban J connectivity index is 1.87. The molecule has 94 valence electrons. The molecule has 1 aliphatic heterocycles. The Morgan fingerprint density at radius 1 is 1.33 bits per heavy atom. The van der Waals surface area contributed by atoms with E-state index >= 15 is 0 Å². The number of rotatable bonds is 2. The maximum absolute atomic E-state index is 5.76. The molecule has 1 aromatic heterocycles. The third-order valence-corrected chi connectivity index (χ3v) is 5.39. The molecule has 3 rings (SSSR count). The molecule has 1 saturated heterocycles. The van der Waals surface area contributed by atoms with Crippen LogP contribution in [0.25, 0.3) is 11.3 Å². The number of thiazole rings is 1. The molecule has 0 saturated carbocycles. The van der Waals surface area contributed by atoms with Crippen molar-refractivity contribution in [2.24, 2.45) is 0 Å². The molecule has 5 heteroatoms. The van der Waals surface area contributed by atoms with Crippen LogP contribution in [0.3, 0.4) is 0 Å². The number of hydrogen-bond acceptors (Lipinski definition) is 4. The van der Waals surface area contributed by atoms with E-state index in [1.165, 1.54) is 0 Å². The molecule has 0 radical (unpaired) electrons. The first-order chi connectivity index (χ1) is 8.84. The molecule has 1 atom stereocenters. The molecule has 2 nitrogen and oxygen atoms in total. The van der Waals surface area contributed by atoms with Gasteiger partial charge in [0.05, 0.1) is 12.3 Å². The summed E-state index contributed by atoms with van der Waals surface area (Å²) in [5.41, 5.74) is 2.17. The van der Waals surface area contributed by atoms with Gasteiger partial charge < -0.3 is 4.74 Å². The Morgan fingerprint density at radius 2 is 2.22 bits per heavy atom. The minimum absolute atomic E-state index is 0.171. The lowest BCUT2D eigenvalue weighted by Gasteiger charge is -2.19. The lowest BCUT2D eigenvalue weighted by atomic mass is 10.2. The quantitative estimate of drug-likeness (QED) is 0.809. The van der Waals surface area contributed by atoms with Crippen molar-refractivity contribution in [2.45, 2.75) is 6.10 Å². The second-order valence-electron chi connectivity index (χ2n) is 3.99. The van der Waals surface area contributed by atoms with Gasteiger partial charge >= 0.3 is 0 Å². The highest BCUT2D eigenvalue weighted by atomic mass is 79.9. The normalized spacial score (nSPS) is 19.9. The SMILES string of the molecule is Brc1ccccc1-c1csc(C2CSCCO2)n1. The third kappa shape index (κ3) is 2.64. The van der Waals surface area contributed by atoms with Gasteiger partial charge in [-0.15, -0.1) is 11.3 Å². The summed E-state index contributed by atoms with van der Waals surface area (Å²) in [7, 11) is 0. The second-order valence-corrected chi connectivity index (χ2v) is 6.88. The van der Waals surface area contributed by atoms with Crippen LogP contribution in [-0.2, 0) is 4.74 Å². The minimum Gasteiger partial charge on any atom is -0.369 e. The highest BCUT2D eigenvalue weighted by Crippen LogP contribution is 2.33. The molecule has 1 aliphatic rings. The maximum atomic E-state index is 5.76. The van der Waals surface area contributed by atoms with E-state index < -0.39 is 0 Å². The van der Waals surface area contributed by atoms with E-state index in [9.17, 15) is 0 Å². The molecule has 1 unspecified atom stereocenters. The molecule has 0 spiro atoms. The highest BCUT2D eigenvalue weighted by Gasteiger charge is 2.20. The fraction of sp³-hybridized carbons (Fsp3) is 0.308. The Hall–Kier alpha value is -0.360. The summed E-state index contributed by atoms with van der Waals surface area (Å²) in [6.07, 6.45) is 0.171. The number of nitrogens with zero attached hydrogens (tertiary/aromatic N) is 1. The van der Waals surface area contributed by atoms with E-state index in [0.29, 0.717) is 0 Å². The van der Waals surface area contributed by atoms with Crippen molar-refractivity contribution < 1.29 is 4.74 Å². The molecule has 18 heavy (non-hydrogen) atoms. The fourth-order valence-electron chi connectivity index (χ4n) is 1.86. The summed E-state index contributed by atoms with van der Waals surface area (Å²) in [4.78, 5) is 4.72. The average molecular weight is 342 g/mol. The van der Waals surface area contributed by atoms with Gasteiger partial charge in [-0.1, -0.05) is 34.1 Å². The zero-order valence-corrected chi connectivity index (χ0v) is 12.9. The Kier molecular flexibility index (Phi) is 4.03. The lowest BCUT2D eigenvalue weighted by molar-refractivity contribution is 0.0756. The van der Waals surface area contributed by atoms with Crippen molar-refractivity contribution >= 4 is 39.0 Å². The first kappa shape index (κ1) is 12.7. The largest absolute Gasteiger partial charge is 0.369 e. The lowest BCUT2D eigenvalue weighted by Crippen LogP contribution is -2.15. The van der Waals surface area contributed by atoms with Crippen LogP contribution in [0.15, 0.2) is 34.1 Å². The number of hydrogen-bond donors (Lipinski definition) is 0. The van der Waals surface area contributed by atoms with Crippen LogP contribution in [-0.4, -0.2) is 23.1 Å². The van der Waals surface area contributed by atoms with Gasteiger partial charge in [0.15, 0.2) is 0 Å². The number of benzene rings is 1. The topological polar surface area (TPSA) is 22.1 Å². The number of halogens is 1. The van der Waals surface area contributed by atoms with Crippen molar-refractivity contribution in [3.05, 3.63) is 39.1 Å². The molecule has 0 amide bonds. The summed E-state index contributed by atoms with van der Waals surface area (Å²) in [5.74, 6) is 2.11. The van der Waals surface area contributed by atoms with Crippen LogP contribution in [0.5, 0.6) is 0 Å². The molecular formula is C13H12BrNOS2. The van der Waals surface area contributed by atoms with Gasteiger partial charge in [-0.25, -0.2) is 4.98 Å². The molecular weight excluding hydrogens is 330 g/mol. The summed E-state index contributed by atoms with van der Waals surface area (Å²) < 4.78 is 6.84. The number of thioether (sulfide) groups is 1. The first-order valence-corrected chi connectivity index (χ1v) is 8.57. The maximum Gasteiger partial charge on any atom is 0.123 e. The van der Waals surface area contributed by atoms with Gasteiger partial charge in [-0.3, -0.25) is 0 Å². The molecule has 2 heterocycles. The molecule has 0 bridgehead atoms. The molecule has 1 fully saturated rings. The van der Waals surface area contributed by atoms with Crippen LogP contribution < -0.4 is 0 Å². The van der Waals surface area contributed by atoms with Gasteiger partial charge in [0.1, 0.15) is 11.1 Å². The van der Waals surface area contributed by atoms with E-state index in [4.69, 9.17) is 9.72 Å². The van der Waals surface area contributed by atoms with Crippen molar-refractivity contribution in [1.82, 2.24) is 4.98 Å². The van der Waals surface area contributed by atoms with E-state index in [-0.39, 0.29) is 6.10 Å². The fourth-order valence-corrected chi connectivity index (χ4v) is 4.17. The van der Waals surface area contributed by atoms with Gasteiger partial charge in [0.25, 0.3) is 0 Å². The summed E-state index contributed by atoms with van der Waals surface area (Å²) >= 11 is 7.20. The van der Waals surface area contributed by atoms with Crippen molar-refractivity contribution in [2.75, 3.05) is 18.1 Å². The van der Waals surface area contributed by atoms with Gasteiger partial charge in [-0.2, -0.15) is 11.8 Å². The number of ether oxygens (including phenoxy) is 1. The van der Waals surface area contributed by atoms with Crippen LogP contribution in [0.1, 0.15) is 11.1 Å². The van der Waals surface area contributed by atoms with E-state index in [1.54, 1.807) is 11.3 Å². The number of aromatic nitrogens is 1. The van der Waals surface area contributed by atoms with Crippen LogP contribution in [0, 0.1) is 0 Å². The van der Waals surface area contributed by atoms with Crippen LogP contribution in [0.4, 0.5) is 0 Å². The predicted octanol–water partition coefficient (Wildman–Crippen LogP) is 4.38. The zero-order chi connectivity index (χ0) is 12.4. The second kappa shape index (κ2) is 5.74. The van der Waals surface area contributed by atoms with Gasteiger partial charge in [0.2, 0.25) is 0 Å². The van der Waals surface area contributed by atoms with Crippen molar-refractivity contribution in [1.29, 1.82) is 0 Å². The molecule has 2 aromatic rings. The monoisotopic (exact) mass is 341 g/mol. The van der Waals surface area contributed by atoms with Crippen LogP contribution in [0.2, 0.25) is 0 Å². The average Bonchev–Trinajstić information content (AvgIpc) is 2.90. The Morgan fingerprint density at radius 3 is 3.00 bits per heavy atom. The highest BCUT2D eigenvalue weighted by molar-refractivity contribution is 9.10. The smallest absolute Gasteiger partial charge is 0.123 e. The van der Waals surface area contributed by atoms with E-state index in [1.807, 2.05) is 30.0 Å². The Bertz CT molecular complexity index is 537. The third-order valence-electron chi connectivity index (χ3n) is 2.76. The van der Waals surface area contributed by atoms with Crippen LogP contribution >= 0.6 is 39.0 Å². The van der Waals surface area contributed by atoms with Crippen molar-refractivity contribution in [3.63, 3.8) is 0 Å². The standard InChI is InChI=1S/C13H12BrNOS2/c14-10-4-2-1-3-9(10)11-7-18-13(15-11)12-8-17-6-5-16-12/h1-4,7,12H,5-6,8H2. The first-order valence-electron chi connectivity index (χ1n) is 5.74. The summed E-state index contributed by atoms with van der Waals surface area (Å²) in [5, 5.41) is 3.20. The van der Waals surface area contributed by atoms with Crippen molar-refractivity contribution in [3.8, 4) is 11.3 Å².